The molecule has 1 aliphatic carbocycles. The van der Waals surface area contributed by atoms with Crippen molar-refractivity contribution in [3.05, 3.63) is 0 Å². The van der Waals surface area contributed by atoms with E-state index in [1.807, 2.05) is 0 Å². The van der Waals surface area contributed by atoms with E-state index in [2.05, 4.69) is 10.6 Å². The Morgan fingerprint density at radius 1 is 1.05 bits per heavy atom. The summed E-state index contributed by atoms with van der Waals surface area (Å²) >= 11 is 0. The molecule has 0 heterocycles. The fraction of sp³-hybridized carbons (Fsp3) is 0.846. The predicted octanol–water partition coefficient (Wildman–Crippen LogP) is 0.960. The molecule has 0 aromatic carbocycles. The van der Waals surface area contributed by atoms with Crippen molar-refractivity contribution in [1.29, 1.82) is 0 Å². The van der Waals surface area contributed by atoms with Crippen molar-refractivity contribution in [3.8, 4) is 0 Å². The largest absolute Gasteiger partial charge is 0.355 e. The van der Waals surface area contributed by atoms with E-state index in [1.165, 1.54) is 19.3 Å². The van der Waals surface area contributed by atoms with Crippen molar-refractivity contribution in [2.24, 2.45) is 11.7 Å². The van der Waals surface area contributed by atoms with Crippen molar-refractivity contribution < 1.29 is 9.59 Å². The minimum absolute atomic E-state index is 0. The monoisotopic (exact) mass is 291 g/mol. The summed E-state index contributed by atoms with van der Waals surface area (Å²) in [6.45, 7) is 1.22. The molecule has 19 heavy (non-hydrogen) atoms. The first-order chi connectivity index (χ1) is 8.72. The Balaban J connectivity index is 0.00000324. The maximum atomic E-state index is 11.6. The molecule has 1 rings (SSSR count). The third-order valence-corrected chi connectivity index (χ3v) is 3.35. The van der Waals surface area contributed by atoms with Gasteiger partial charge in [-0.1, -0.05) is 19.3 Å². The Labute approximate surface area is 121 Å². The first-order valence-electron chi connectivity index (χ1n) is 6.96. The van der Waals surface area contributed by atoms with Crippen LogP contribution in [0.2, 0.25) is 0 Å². The highest BCUT2D eigenvalue weighted by Gasteiger charge is 2.17. The molecule has 0 bridgehead atoms. The molecule has 0 atom stereocenters. The van der Waals surface area contributed by atoms with Crippen LogP contribution in [0.1, 0.15) is 44.9 Å². The van der Waals surface area contributed by atoms with Crippen LogP contribution in [0.25, 0.3) is 0 Å². The number of carbonyl (C=O) groups is 2. The normalized spacial score (nSPS) is 15.4. The van der Waals surface area contributed by atoms with Gasteiger partial charge in [0.2, 0.25) is 11.8 Å². The molecule has 1 saturated carbocycles. The van der Waals surface area contributed by atoms with Crippen molar-refractivity contribution in [1.82, 2.24) is 10.6 Å². The molecule has 0 aromatic rings. The highest BCUT2D eigenvalue weighted by atomic mass is 35.5. The van der Waals surface area contributed by atoms with E-state index in [9.17, 15) is 9.59 Å². The van der Waals surface area contributed by atoms with Gasteiger partial charge in [0.25, 0.3) is 0 Å². The van der Waals surface area contributed by atoms with Crippen LogP contribution in [0.15, 0.2) is 0 Å². The maximum absolute atomic E-state index is 11.6. The number of hydrogen-bond donors (Lipinski definition) is 3. The summed E-state index contributed by atoms with van der Waals surface area (Å²) in [7, 11) is 0. The van der Waals surface area contributed by atoms with Gasteiger partial charge in [0.15, 0.2) is 0 Å². The lowest BCUT2D eigenvalue weighted by molar-refractivity contribution is -0.126. The molecule has 1 fully saturated rings. The average molecular weight is 292 g/mol. The molecule has 0 saturated heterocycles. The molecule has 0 unspecified atom stereocenters. The van der Waals surface area contributed by atoms with Crippen molar-refractivity contribution in [2.75, 3.05) is 19.6 Å². The molecule has 5 nitrogen and oxygen atoms in total. The third-order valence-electron chi connectivity index (χ3n) is 3.35. The molecule has 1 aliphatic rings. The fourth-order valence-electron chi connectivity index (χ4n) is 2.30. The smallest absolute Gasteiger partial charge is 0.239 e. The van der Waals surface area contributed by atoms with E-state index in [0.717, 1.165) is 19.3 Å². The molecule has 6 heteroatoms. The Hall–Kier alpha value is -0.810. The van der Waals surface area contributed by atoms with Crippen molar-refractivity contribution >= 4 is 24.2 Å². The van der Waals surface area contributed by atoms with Crippen LogP contribution >= 0.6 is 12.4 Å². The molecule has 2 amide bonds. The van der Waals surface area contributed by atoms with Gasteiger partial charge >= 0.3 is 0 Å². The van der Waals surface area contributed by atoms with Crippen LogP contribution in [-0.4, -0.2) is 31.4 Å². The van der Waals surface area contributed by atoms with E-state index in [4.69, 9.17) is 5.73 Å². The summed E-state index contributed by atoms with van der Waals surface area (Å²) in [4.78, 5) is 23.0. The second kappa shape index (κ2) is 11.1. The number of amides is 2. The van der Waals surface area contributed by atoms with Crippen LogP contribution in [0.3, 0.4) is 0 Å². The molecule has 0 spiro atoms. The van der Waals surface area contributed by atoms with Crippen LogP contribution < -0.4 is 16.4 Å². The van der Waals surface area contributed by atoms with Gasteiger partial charge in [0.05, 0.1) is 6.54 Å². The lowest BCUT2D eigenvalue weighted by atomic mass is 9.87. The van der Waals surface area contributed by atoms with Crippen molar-refractivity contribution in [3.63, 3.8) is 0 Å². The molecular weight excluding hydrogens is 266 g/mol. The topological polar surface area (TPSA) is 84.2 Å². The van der Waals surface area contributed by atoms with E-state index in [1.54, 1.807) is 0 Å². The average Bonchev–Trinajstić information content (AvgIpc) is 2.38. The second-order valence-corrected chi connectivity index (χ2v) is 4.98. The van der Waals surface area contributed by atoms with Gasteiger partial charge in [-0.3, -0.25) is 9.59 Å². The highest BCUT2D eigenvalue weighted by Crippen LogP contribution is 2.25. The van der Waals surface area contributed by atoms with Gasteiger partial charge in [-0.2, -0.15) is 0 Å². The first-order valence-corrected chi connectivity index (χ1v) is 6.96. The number of nitrogens with two attached hydrogens (primary N) is 1. The molecular formula is C13H26ClN3O2. The zero-order valence-corrected chi connectivity index (χ0v) is 12.3. The quantitative estimate of drug-likeness (QED) is 0.611. The van der Waals surface area contributed by atoms with E-state index >= 15 is 0 Å². The summed E-state index contributed by atoms with van der Waals surface area (Å²) in [6, 6.07) is 0. The summed E-state index contributed by atoms with van der Waals surface area (Å²) in [5, 5.41) is 5.38. The van der Waals surface area contributed by atoms with E-state index in [0.29, 0.717) is 25.4 Å². The Morgan fingerprint density at radius 2 is 1.74 bits per heavy atom. The predicted molar refractivity (Wildman–Crippen MR) is 78.1 cm³/mol. The number of halogens is 1. The Kier molecular flexibility index (Phi) is 10.6. The molecule has 112 valence electrons. The van der Waals surface area contributed by atoms with Gasteiger partial charge in [-0.05, 0) is 31.7 Å². The second-order valence-electron chi connectivity index (χ2n) is 4.98. The van der Waals surface area contributed by atoms with Crippen molar-refractivity contribution in [2.45, 2.75) is 44.9 Å². The SMILES string of the molecule is Cl.NCCCNC(=O)CNC(=O)CC1CCCCC1. The lowest BCUT2D eigenvalue weighted by Gasteiger charge is -2.20. The first kappa shape index (κ1) is 18.2. The number of hydrogen-bond acceptors (Lipinski definition) is 3. The standard InChI is InChI=1S/C13H25N3O2.ClH/c14-7-4-8-15-13(18)10-16-12(17)9-11-5-2-1-3-6-11;/h11H,1-10,14H2,(H,15,18)(H,16,17);1H. The Bertz CT molecular complexity index is 269. The van der Waals surface area contributed by atoms with Crippen LogP contribution in [-0.2, 0) is 9.59 Å². The molecule has 0 aliphatic heterocycles. The Morgan fingerprint density at radius 3 is 2.37 bits per heavy atom. The minimum Gasteiger partial charge on any atom is -0.355 e. The summed E-state index contributed by atoms with van der Waals surface area (Å²) in [5.74, 6) is 0.371. The van der Waals surface area contributed by atoms with Gasteiger partial charge in [0.1, 0.15) is 0 Å². The maximum Gasteiger partial charge on any atom is 0.239 e. The van der Waals surface area contributed by atoms with Gasteiger partial charge < -0.3 is 16.4 Å². The van der Waals surface area contributed by atoms with Gasteiger partial charge in [-0.25, -0.2) is 0 Å². The number of carbonyl (C=O) groups excluding carboxylic acids is 2. The molecule has 0 radical (unpaired) electrons. The molecule has 4 N–H and O–H groups in total. The fourth-order valence-corrected chi connectivity index (χ4v) is 2.30. The zero-order valence-electron chi connectivity index (χ0n) is 11.5. The van der Waals surface area contributed by atoms with Crippen LogP contribution in [0.4, 0.5) is 0 Å². The summed E-state index contributed by atoms with van der Waals surface area (Å²) in [5.41, 5.74) is 5.32. The van der Waals surface area contributed by atoms with Gasteiger partial charge in [0, 0.05) is 13.0 Å². The zero-order chi connectivity index (χ0) is 13.2. The third kappa shape index (κ3) is 8.83. The number of nitrogens with one attached hydrogen (secondary N) is 2. The van der Waals surface area contributed by atoms with Crippen LogP contribution in [0.5, 0.6) is 0 Å². The number of rotatable bonds is 7. The van der Waals surface area contributed by atoms with Gasteiger partial charge in [-0.15, -0.1) is 12.4 Å². The minimum atomic E-state index is -0.138. The summed E-state index contributed by atoms with van der Waals surface area (Å²) < 4.78 is 0. The lowest BCUT2D eigenvalue weighted by Crippen LogP contribution is -2.38. The van der Waals surface area contributed by atoms with E-state index in [-0.39, 0.29) is 30.8 Å². The van der Waals surface area contributed by atoms with E-state index < -0.39 is 0 Å². The summed E-state index contributed by atoms with van der Waals surface area (Å²) in [6.07, 6.45) is 7.39. The van der Waals surface area contributed by atoms with Crippen LogP contribution in [0, 0.1) is 5.92 Å². The highest BCUT2D eigenvalue weighted by molar-refractivity contribution is 5.85. The molecule has 0 aromatic heterocycles.